The molecule has 0 aliphatic carbocycles. The molecule has 160 valence electrons. The van der Waals surface area contributed by atoms with Crippen LogP contribution in [0.25, 0.3) is 22.2 Å². The first-order valence-electron chi connectivity index (χ1n) is 10.4. The van der Waals surface area contributed by atoms with E-state index in [-0.39, 0.29) is 12.4 Å². The fraction of sp³-hybridized carbons (Fsp3) is 0.375. The van der Waals surface area contributed by atoms with Gasteiger partial charge in [-0.1, -0.05) is 24.6 Å². The molecule has 0 saturated carbocycles. The lowest BCUT2D eigenvalue weighted by Crippen LogP contribution is -2.39. The van der Waals surface area contributed by atoms with E-state index in [1.165, 1.54) is 19.3 Å². The summed E-state index contributed by atoms with van der Waals surface area (Å²) in [6.07, 6.45) is 3.38. The number of pyridine rings is 1. The van der Waals surface area contributed by atoms with Crippen LogP contribution in [0.2, 0.25) is 0 Å². The second-order valence-electron chi connectivity index (χ2n) is 7.70. The maximum atomic E-state index is 10.5. The minimum atomic E-state index is -0.399. The van der Waals surface area contributed by atoms with Gasteiger partial charge in [-0.25, -0.2) is 4.98 Å². The van der Waals surface area contributed by atoms with Gasteiger partial charge in [-0.3, -0.25) is 0 Å². The summed E-state index contributed by atoms with van der Waals surface area (Å²) in [5, 5.41) is 15.1. The fourth-order valence-electron chi connectivity index (χ4n) is 3.96. The van der Waals surface area contributed by atoms with Gasteiger partial charge in [-0.15, -0.1) is 12.4 Å². The smallest absolute Gasteiger partial charge is 0.118 e. The van der Waals surface area contributed by atoms with Crippen molar-refractivity contribution in [3.8, 4) is 17.0 Å². The van der Waals surface area contributed by atoms with Gasteiger partial charge in [0.1, 0.15) is 5.75 Å². The Morgan fingerprint density at radius 1 is 1.07 bits per heavy atom. The Kier molecular flexibility index (Phi) is 7.91. The van der Waals surface area contributed by atoms with E-state index < -0.39 is 6.10 Å². The summed E-state index contributed by atoms with van der Waals surface area (Å²) in [6, 6.07) is 18.1. The zero-order chi connectivity index (χ0) is 20.1. The summed E-state index contributed by atoms with van der Waals surface area (Å²) >= 11 is 0. The van der Waals surface area contributed by atoms with Crippen molar-refractivity contribution in [2.45, 2.75) is 25.4 Å². The Labute approximate surface area is 184 Å². The molecular formula is C24H30ClN3O2. The fourth-order valence-corrected chi connectivity index (χ4v) is 3.96. The molecule has 3 aromatic rings. The van der Waals surface area contributed by atoms with Crippen LogP contribution >= 0.6 is 12.4 Å². The van der Waals surface area contributed by atoms with Crippen molar-refractivity contribution in [3.05, 3.63) is 54.6 Å². The maximum absolute atomic E-state index is 10.5. The summed E-state index contributed by atoms with van der Waals surface area (Å²) < 4.78 is 5.26. The van der Waals surface area contributed by atoms with Crippen LogP contribution in [-0.2, 0) is 0 Å². The number of ether oxygens (including phenoxy) is 1. The van der Waals surface area contributed by atoms with Gasteiger partial charge in [0.05, 0.1) is 24.4 Å². The first kappa shape index (κ1) is 22.3. The predicted molar refractivity (Wildman–Crippen MR) is 126 cm³/mol. The van der Waals surface area contributed by atoms with E-state index in [1.807, 2.05) is 42.5 Å². The molecule has 0 amide bonds. The third-order valence-corrected chi connectivity index (χ3v) is 5.55. The number of hydrogen-bond donors (Lipinski definition) is 2. The van der Waals surface area contributed by atoms with Gasteiger partial charge in [0, 0.05) is 29.7 Å². The Hall–Kier alpha value is -2.34. The average Bonchev–Trinajstić information content (AvgIpc) is 2.78. The molecule has 30 heavy (non-hydrogen) atoms. The molecule has 1 aromatic heterocycles. The summed E-state index contributed by atoms with van der Waals surface area (Å²) in [5.74, 6) is 0.828. The summed E-state index contributed by atoms with van der Waals surface area (Å²) in [4.78, 5) is 7.20. The second kappa shape index (κ2) is 10.6. The van der Waals surface area contributed by atoms with Gasteiger partial charge < -0.3 is 20.1 Å². The van der Waals surface area contributed by atoms with Crippen molar-refractivity contribution in [2.24, 2.45) is 0 Å². The Morgan fingerprint density at radius 3 is 2.53 bits per heavy atom. The number of hydrogen-bond acceptors (Lipinski definition) is 5. The molecule has 6 heteroatoms. The number of aliphatic hydroxyl groups is 1. The van der Waals surface area contributed by atoms with E-state index in [4.69, 9.17) is 9.72 Å². The molecule has 0 unspecified atom stereocenters. The molecule has 0 bridgehead atoms. The molecule has 5 nitrogen and oxygen atoms in total. The van der Waals surface area contributed by atoms with Crippen molar-refractivity contribution in [1.82, 2.24) is 9.88 Å². The first-order valence-corrected chi connectivity index (χ1v) is 10.4. The number of nitrogens with one attached hydrogen (secondary N) is 1. The maximum Gasteiger partial charge on any atom is 0.118 e. The molecular weight excluding hydrogens is 398 g/mol. The molecule has 1 atom stereocenters. The van der Waals surface area contributed by atoms with E-state index in [1.54, 1.807) is 7.11 Å². The van der Waals surface area contributed by atoms with Crippen LogP contribution in [0.1, 0.15) is 19.3 Å². The van der Waals surface area contributed by atoms with E-state index >= 15 is 0 Å². The Morgan fingerprint density at radius 2 is 1.80 bits per heavy atom. The number of fused-ring (bicyclic) bond motifs is 1. The zero-order valence-electron chi connectivity index (χ0n) is 17.4. The number of aromatic nitrogens is 1. The van der Waals surface area contributed by atoms with Crippen LogP contribution in [0, 0.1) is 0 Å². The number of β-amino-alcohol motifs (C(OH)–C–C–N with tert-alkyl or cyclic N) is 1. The van der Waals surface area contributed by atoms with E-state index in [9.17, 15) is 5.11 Å². The number of methoxy groups -OCH3 is 1. The number of likely N-dealkylation sites (tertiary alicyclic amines) is 1. The van der Waals surface area contributed by atoms with Gasteiger partial charge in [0.15, 0.2) is 0 Å². The summed E-state index contributed by atoms with van der Waals surface area (Å²) in [5.41, 5.74) is 3.88. The standard InChI is InChI=1S/C24H29N3O2.ClH/c1-29-20-11-9-18(10-12-20)23-15-24(21-7-3-4-8-22(21)26-23)25-16-19(28)17-27-13-5-2-6-14-27;/h3-4,7-12,15,19,28H,2,5-6,13-14,16-17H2,1H3,(H,25,26);1H/t19-;/m0./s1. The van der Waals surface area contributed by atoms with Crippen LogP contribution < -0.4 is 10.1 Å². The van der Waals surface area contributed by atoms with Gasteiger partial charge in [0.25, 0.3) is 0 Å². The topological polar surface area (TPSA) is 57.6 Å². The Bertz CT molecular complexity index is 943. The van der Waals surface area contributed by atoms with Gasteiger partial charge in [-0.2, -0.15) is 0 Å². The lowest BCUT2D eigenvalue weighted by atomic mass is 10.1. The van der Waals surface area contributed by atoms with Crippen LogP contribution in [-0.4, -0.2) is 54.4 Å². The molecule has 2 heterocycles. The van der Waals surface area contributed by atoms with Crippen LogP contribution in [0.3, 0.4) is 0 Å². The normalized spacial score (nSPS) is 15.4. The first-order chi connectivity index (χ1) is 14.2. The van der Waals surface area contributed by atoms with Crippen molar-refractivity contribution < 1.29 is 9.84 Å². The molecule has 4 rings (SSSR count). The minimum absolute atomic E-state index is 0. The van der Waals surface area contributed by atoms with Crippen molar-refractivity contribution in [3.63, 3.8) is 0 Å². The number of piperidine rings is 1. The summed E-state index contributed by atoms with van der Waals surface area (Å²) in [6.45, 7) is 3.43. The van der Waals surface area contributed by atoms with Crippen LogP contribution in [0.15, 0.2) is 54.6 Å². The van der Waals surface area contributed by atoms with E-state index in [0.29, 0.717) is 6.54 Å². The molecule has 1 aliphatic rings. The number of halogens is 1. The highest BCUT2D eigenvalue weighted by Gasteiger charge is 2.15. The number of aliphatic hydroxyl groups excluding tert-OH is 1. The van der Waals surface area contributed by atoms with Gasteiger partial charge >= 0.3 is 0 Å². The molecule has 0 spiro atoms. The monoisotopic (exact) mass is 427 g/mol. The zero-order valence-corrected chi connectivity index (χ0v) is 18.2. The molecule has 2 N–H and O–H groups in total. The lowest BCUT2D eigenvalue weighted by molar-refractivity contribution is 0.110. The molecule has 1 aliphatic heterocycles. The van der Waals surface area contributed by atoms with E-state index in [2.05, 4.69) is 22.3 Å². The number of anilines is 1. The van der Waals surface area contributed by atoms with Gasteiger partial charge in [-0.05, 0) is 62.3 Å². The quantitative estimate of drug-likeness (QED) is 0.577. The van der Waals surface area contributed by atoms with E-state index in [0.717, 1.165) is 53.2 Å². The average molecular weight is 428 g/mol. The number of para-hydroxylation sites is 1. The minimum Gasteiger partial charge on any atom is -0.497 e. The highest BCUT2D eigenvalue weighted by molar-refractivity contribution is 5.93. The van der Waals surface area contributed by atoms with Crippen molar-refractivity contribution in [1.29, 1.82) is 0 Å². The highest BCUT2D eigenvalue weighted by Crippen LogP contribution is 2.29. The van der Waals surface area contributed by atoms with Gasteiger partial charge in [0.2, 0.25) is 0 Å². The van der Waals surface area contributed by atoms with Crippen molar-refractivity contribution in [2.75, 3.05) is 38.6 Å². The number of benzene rings is 2. The third-order valence-electron chi connectivity index (χ3n) is 5.55. The Balaban J connectivity index is 0.00000256. The third kappa shape index (κ3) is 5.42. The van der Waals surface area contributed by atoms with Crippen LogP contribution in [0.5, 0.6) is 5.75 Å². The molecule has 1 fully saturated rings. The SMILES string of the molecule is COc1ccc(-c2cc(NC[C@H](O)CN3CCCCC3)c3ccccc3n2)cc1.Cl. The predicted octanol–water partition coefficient (Wildman–Crippen LogP) is 4.59. The molecule has 2 aromatic carbocycles. The van der Waals surface area contributed by atoms with Crippen LogP contribution in [0.4, 0.5) is 5.69 Å². The second-order valence-corrected chi connectivity index (χ2v) is 7.70. The molecule has 1 saturated heterocycles. The summed E-state index contributed by atoms with van der Waals surface area (Å²) in [7, 11) is 1.67. The lowest BCUT2D eigenvalue weighted by Gasteiger charge is -2.28. The molecule has 0 radical (unpaired) electrons. The van der Waals surface area contributed by atoms with Crippen molar-refractivity contribution >= 4 is 29.0 Å². The number of rotatable bonds is 7. The highest BCUT2D eigenvalue weighted by atomic mass is 35.5. The number of nitrogens with zero attached hydrogens (tertiary/aromatic N) is 2. The largest absolute Gasteiger partial charge is 0.497 e.